The Labute approximate surface area is 118 Å². The number of amides is 3. The first kappa shape index (κ1) is 15.6. The fourth-order valence-electron chi connectivity index (χ4n) is 1.30. The van der Waals surface area contributed by atoms with E-state index in [4.69, 9.17) is 10.8 Å². The van der Waals surface area contributed by atoms with Crippen LogP contribution in [0.3, 0.4) is 0 Å². The molecule has 1 atom stereocenters. The van der Waals surface area contributed by atoms with Crippen molar-refractivity contribution in [2.75, 3.05) is 6.54 Å². The van der Waals surface area contributed by atoms with Crippen LogP contribution in [-0.2, 0) is 14.4 Å². The van der Waals surface area contributed by atoms with E-state index in [9.17, 15) is 19.2 Å². The van der Waals surface area contributed by atoms with Crippen molar-refractivity contribution >= 4 is 35.0 Å². The van der Waals surface area contributed by atoms with Gasteiger partial charge >= 0.3 is 5.97 Å². The highest BCUT2D eigenvalue weighted by Crippen LogP contribution is 2.07. The topological polar surface area (TPSA) is 139 Å². The Morgan fingerprint density at radius 2 is 2.05 bits per heavy atom. The molecule has 0 aromatic carbocycles. The number of carbonyl (C=O) groups excluding carboxylic acids is 3. The van der Waals surface area contributed by atoms with E-state index in [1.54, 1.807) is 17.5 Å². The monoisotopic (exact) mass is 299 g/mol. The molecule has 0 aliphatic carbocycles. The van der Waals surface area contributed by atoms with Gasteiger partial charge in [0.25, 0.3) is 5.91 Å². The molecule has 108 valence electrons. The number of carboxylic acids is 1. The number of aliphatic carboxylic acids is 1. The highest BCUT2D eigenvalue weighted by Gasteiger charge is 2.22. The van der Waals surface area contributed by atoms with Crippen LogP contribution >= 0.6 is 11.3 Å². The van der Waals surface area contributed by atoms with Gasteiger partial charge in [0.15, 0.2) is 0 Å². The van der Waals surface area contributed by atoms with E-state index in [0.29, 0.717) is 4.88 Å². The summed E-state index contributed by atoms with van der Waals surface area (Å²) in [4.78, 5) is 44.9. The van der Waals surface area contributed by atoms with Crippen LogP contribution in [-0.4, -0.2) is 41.4 Å². The molecule has 5 N–H and O–H groups in total. The third-order valence-electron chi connectivity index (χ3n) is 2.19. The Bertz CT molecular complexity index is 514. The molecular formula is C11H13N3O5S. The molecule has 0 saturated heterocycles. The number of carboxylic acid groups (broad SMARTS) is 1. The molecule has 1 rings (SSSR count). The number of nitrogens with one attached hydrogen (secondary N) is 2. The molecule has 0 fully saturated rings. The lowest BCUT2D eigenvalue weighted by Crippen LogP contribution is -2.47. The Hall–Kier alpha value is -2.42. The number of primary amides is 1. The minimum Gasteiger partial charge on any atom is -0.480 e. The second kappa shape index (κ2) is 7.24. The largest absolute Gasteiger partial charge is 0.480 e. The van der Waals surface area contributed by atoms with E-state index < -0.39 is 36.2 Å². The first-order chi connectivity index (χ1) is 9.40. The fraction of sp³-hybridized carbons (Fsp3) is 0.273. The Kier molecular flexibility index (Phi) is 5.66. The Morgan fingerprint density at radius 1 is 1.35 bits per heavy atom. The summed E-state index contributed by atoms with van der Waals surface area (Å²) < 4.78 is 0. The van der Waals surface area contributed by atoms with E-state index in [1.165, 1.54) is 11.3 Å². The van der Waals surface area contributed by atoms with Gasteiger partial charge in [-0.2, -0.15) is 0 Å². The van der Waals surface area contributed by atoms with Crippen molar-refractivity contribution in [1.29, 1.82) is 0 Å². The van der Waals surface area contributed by atoms with E-state index in [-0.39, 0.29) is 6.54 Å². The maximum absolute atomic E-state index is 11.5. The van der Waals surface area contributed by atoms with Gasteiger partial charge < -0.3 is 21.5 Å². The van der Waals surface area contributed by atoms with Gasteiger partial charge in [0.1, 0.15) is 6.04 Å². The predicted octanol–water partition coefficient (Wildman–Crippen LogP) is -1.08. The van der Waals surface area contributed by atoms with Crippen molar-refractivity contribution in [3.63, 3.8) is 0 Å². The lowest BCUT2D eigenvalue weighted by atomic mass is 10.2. The van der Waals surface area contributed by atoms with E-state index in [0.717, 1.165) is 0 Å². The Balaban J connectivity index is 2.44. The SMILES string of the molecule is NC(=O)C[C@H](NC(=O)CNC(=O)c1cccs1)C(=O)O. The normalized spacial score (nSPS) is 11.4. The van der Waals surface area contributed by atoms with Gasteiger partial charge in [-0.1, -0.05) is 6.07 Å². The maximum Gasteiger partial charge on any atom is 0.326 e. The standard InChI is InChI=1S/C11H13N3O5S/c12-8(15)4-6(11(18)19)14-9(16)5-13-10(17)7-2-1-3-20-7/h1-3,6H,4-5H2,(H2,12,15)(H,13,17)(H,14,16)(H,18,19)/t6-/m0/s1. The second-order valence-corrected chi connectivity index (χ2v) is 4.74. The van der Waals surface area contributed by atoms with Crippen LogP contribution in [0.4, 0.5) is 0 Å². The fourth-order valence-corrected chi connectivity index (χ4v) is 1.94. The number of hydrogen-bond acceptors (Lipinski definition) is 5. The molecule has 0 bridgehead atoms. The average Bonchev–Trinajstić information content (AvgIpc) is 2.88. The lowest BCUT2D eigenvalue weighted by Gasteiger charge is -2.12. The van der Waals surface area contributed by atoms with E-state index in [2.05, 4.69) is 10.6 Å². The van der Waals surface area contributed by atoms with Crippen molar-refractivity contribution in [2.24, 2.45) is 5.73 Å². The van der Waals surface area contributed by atoms with E-state index >= 15 is 0 Å². The molecule has 1 aromatic heterocycles. The second-order valence-electron chi connectivity index (χ2n) is 3.79. The van der Waals surface area contributed by atoms with Gasteiger partial charge in [-0.3, -0.25) is 14.4 Å². The lowest BCUT2D eigenvalue weighted by molar-refractivity contribution is -0.143. The summed E-state index contributed by atoms with van der Waals surface area (Å²) in [5.74, 6) is -3.37. The van der Waals surface area contributed by atoms with Gasteiger partial charge in [0.05, 0.1) is 17.8 Å². The maximum atomic E-state index is 11.5. The molecular weight excluding hydrogens is 286 g/mol. The minimum absolute atomic E-state index is 0.390. The molecule has 0 radical (unpaired) electrons. The van der Waals surface area contributed by atoms with Crippen molar-refractivity contribution in [2.45, 2.75) is 12.5 Å². The molecule has 8 nitrogen and oxygen atoms in total. The molecule has 3 amide bonds. The molecule has 0 saturated carbocycles. The summed E-state index contributed by atoms with van der Waals surface area (Å²) in [6.45, 7) is -0.390. The molecule has 1 aromatic rings. The Morgan fingerprint density at radius 3 is 2.55 bits per heavy atom. The van der Waals surface area contributed by atoms with Gasteiger partial charge in [-0.05, 0) is 11.4 Å². The third kappa shape index (κ3) is 5.06. The summed E-state index contributed by atoms with van der Waals surface area (Å²) in [7, 11) is 0. The first-order valence-electron chi connectivity index (χ1n) is 5.52. The zero-order valence-corrected chi connectivity index (χ0v) is 11.1. The van der Waals surface area contributed by atoms with Crippen molar-refractivity contribution in [3.05, 3.63) is 22.4 Å². The summed E-state index contributed by atoms with van der Waals surface area (Å²) >= 11 is 1.21. The smallest absolute Gasteiger partial charge is 0.326 e. The molecule has 0 aliphatic rings. The zero-order chi connectivity index (χ0) is 15.1. The predicted molar refractivity (Wildman–Crippen MR) is 70.0 cm³/mol. The van der Waals surface area contributed by atoms with Crippen LogP contribution in [0.5, 0.6) is 0 Å². The summed E-state index contributed by atoms with van der Waals surface area (Å²) in [5, 5.41) is 14.9. The van der Waals surface area contributed by atoms with Gasteiger partial charge in [0, 0.05) is 0 Å². The molecule has 9 heteroatoms. The molecule has 0 unspecified atom stereocenters. The van der Waals surface area contributed by atoms with Crippen molar-refractivity contribution in [1.82, 2.24) is 10.6 Å². The highest BCUT2D eigenvalue weighted by atomic mass is 32.1. The van der Waals surface area contributed by atoms with Crippen LogP contribution in [0.1, 0.15) is 16.1 Å². The number of carbonyl (C=O) groups is 4. The van der Waals surface area contributed by atoms with Crippen LogP contribution in [0.25, 0.3) is 0 Å². The summed E-state index contributed by atoms with van der Waals surface area (Å²) in [5.41, 5.74) is 4.87. The number of thiophene rings is 1. The molecule has 1 heterocycles. The highest BCUT2D eigenvalue weighted by molar-refractivity contribution is 7.12. The third-order valence-corrected chi connectivity index (χ3v) is 3.06. The van der Waals surface area contributed by atoms with Crippen molar-refractivity contribution in [3.8, 4) is 0 Å². The quantitative estimate of drug-likeness (QED) is 0.507. The number of nitrogens with two attached hydrogens (primary N) is 1. The van der Waals surface area contributed by atoms with Crippen LogP contribution < -0.4 is 16.4 Å². The first-order valence-corrected chi connectivity index (χ1v) is 6.40. The summed E-state index contributed by atoms with van der Waals surface area (Å²) in [6, 6.07) is 1.87. The van der Waals surface area contributed by atoms with Crippen LogP contribution in [0.15, 0.2) is 17.5 Å². The van der Waals surface area contributed by atoms with Gasteiger partial charge in [0.2, 0.25) is 11.8 Å². The zero-order valence-electron chi connectivity index (χ0n) is 10.3. The molecule has 0 aliphatic heterocycles. The van der Waals surface area contributed by atoms with Gasteiger partial charge in [-0.15, -0.1) is 11.3 Å². The van der Waals surface area contributed by atoms with E-state index in [1.807, 2.05) is 0 Å². The summed E-state index contributed by atoms with van der Waals surface area (Å²) in [6.07, 6.45) is -0.514. The van der Waals surface area contributed by atoms with Crippen LogP contribution in [0.2, 0.25) is 0 Å². The number of rotatable bonds is 7. The van der Waals surface area contributed by atoms with Crippen LogP contribution in [0, 0.1) is 0 Å². The minimum atomic E-state index is -1.40. The average molecular weight is 299 g/mol. The van der Waals surface area contributed by atoms with Gasteiger partial charge in [-0.25, -0.2) is 4.79 Å². The number of hydrogen-bond donors (Lipinski definition) is 4. The molecule has 20 heavy (non-hydrogen) atoms. The van der Waals surface area contributed by atoms with Crippen molar-refractivity contribution < 1.29 is 24.3 Å². The molecule has 0 spiro atoms.